The Hall–Kier alpha value is -1.46. The monoisotopic (exact) mass is 369 g/mol. The summed E-state index contributed by atoms with van der Waals surface area (Å²) in [6.45, 7) is 3.43. The van der Waals surface area contributed by atoms with Gasteiger partial charge in [-0.3, -0.25) is 4.79 Å². The zero-order valence-corrected chi connectivity index (χ0v) is 13.6. The lowest BCUT2D eigenvalue weighted by molar-refractivity contribution is -0.192. The van der Waals surface area contributed by atoms with E-state index in [1.54, 1.807) is 6.92 Å². The number of aromatic nitrogens is 2. The van der Waals surface area contributed by atoms with Crippen molar-refractivity contribution in [1.82, 2.24) is 14.9 Å². The van der Waals surface area contributed by atoms with E-state index in [2.05, 4.69) is 14.9 Å². The maximum Gasteiger partial charge on any atom is 0.490 e. The summed E-state index contributed by atoms with van der Waals surface area (Å²) in [6.07, 6.45) is -2.05. The quantitative estimate of drug-likeness (QED) is 0.826. The normalized spacial score (nSPS) is 19.8. The number of alkyl halides is 3. The highest BCUT2D eigenvalue weighted by molar-refractivity contribution is 8.14. The number of carboxylic acids is 1. The largest absolute Gasteiger partial charge is 0.490 e. The van der Waals surface area contributed by atoms with Crippen molar-refractivity contribution in [3.63, 3.8) is 0 Å². The van der Waals surface area contributed by atoms with Gasteiger partial charge in [-0.15, -0.1) is 5.10 Å². The van der Waals surface area contributed by atoms with Crippen LogP contribution in [0.4, 0.5) is 13.2 Å². The van der Waals surface area contributed by atoms with E-state index in [1.807, 2.05) is 11.5 Å². The molecule has 2 N–H and O–H groups in total. The minimum atomic E-state index is -5.08. The average Bonchev–Trinajstić information content (AvgIpc) is 2.93. The second kappa shape index (κ2) is 8.99. The molecule has 2 heterocycles. The number of carboxylic acid groups (broad SMARTS) is 1. The summed E-state index contributed by atoms with van der Waals surface area (Å²) in [5.74, 6) is -2.76. The molecule has 0 radical (unpaired) electrons. The summed E-state index contributed by atoms with van der Waals surface area (Å²) in [5.41, 5.74) is 2.12. The Morgan fingerprint density at radius 2 is 2.17 bits per heavy atom. The van der Waals surface area contributed by atoms with Crippen LogP contribution in [0.1, 0.15) is 19.0 Å². The first kappa shape index (κ1) is 19.6. The van der Waals surface area contributed by atoms with Gasteiger partial charge in [-0.05, 0) is 36.1 Å². The fourth-order valence-corrected chi connectivity index (χ4v) is 3.02. The summed E-state index contributed by atoms with van der Waals surface area (Å²) in [5, 5.41) is 16.8. The number of carbonyl (C=O) groups excluding carboxylic acids is 1. The van der Waals surface area contributed by atoms with E-state index in [9.17, 15) is 18.0 Å². The van der Waals surface area contributed by atoms with Gasteiger partial charge in [-0.1, -0.05) is 16.3 Å². The predicted octanol–water partition coefficient (Wildman–Crippen LogP) is 2.20. The molecule has 1 aliphatic rings. The van der Waals surface area contributed by atoms with Crippen molar-refractivity contribution < 1.29 is 27.9 Å². The number of nitrogens with one attached hydrogen (secondary N) is 1. The van der Waals surface area contributed by atoms with Gasteiger partial charge in [0, 0.05) is 24.1 Å². The van der Waals surface area contributed by atoms with Gasteiger partial charge in [0.05, 0.1) is 5.69 Å². The highest BCUT2D eigenvalue weighted by atomic mass is 32.2. The van der Waals surface area contributed by atoms with Gasteiger partial charge >= 0.3 is 12.1 Å². The van der Waals surface area contributed by atoms with Crippen LogP contribution in [-0.2, 0) is 9.59 Å². The van der Waals surface area contributed by atoms with Gasteiger partial charge in [0.2, 0.25) is 0 Å². The van der Waals surface area contributed by atoms with Crippen molar-refractivity contribution in [3.05, 3.63) is 16.6 Å². The van der Waals surface area contributed by atoms with E-state index < -0.39 is 12.1 Å². The second-order valence-electron chi connectivity index (χ2n) is 4.42. The third-order valence-corrected chi connectivity index (χ3v) is 4.26. The van der Waals surface area contributed by atoms with Crippen LogP contribution in [0.2, 0.25) is 0 Å². The van der Waals surface area contributed by atoms with Crippen LogP contribution in [0.5, 0.6) is 0 Å². The summed E-state index contributed by atoms with van der Waals surface area (Å²) in [6, 6.07) is 0. The zero-order valence-electron chi connectivity index (χ0n) is 12.0. The summed E-state index contributed by atoms with van der Waals surface area (Å²) >= 11 is 2.76. The maximum atomic E-state index is 11.1. The summed E-state index contributed by atoms with van der Waals surface area (Å²) in [7, 11) is 0. The van der Waals surface area contributed by atoms with E-state index in [0.29, 0.717) is 5.25 Å². The summed E-state index contributed by atoms with van der Waals surface area (Å²) < 4.78 is 35.6. The number of halogens is 3. The Morgan fingerprint density at radius 3 is 2.65 bits per heavy atom. The fraction of sp³-hybridized carbons (Fsp3) is 0.500. The lowest BCUT2D eigenvalue weighted by Gasteiger charge is -2.24. The first-order valence-electron chi connectivity index (χ1n) is 6.35. The smallest absolute Gasteiger partial charge is 0.475 e. The van der Waals surface area contributed by atoms with Gasteiger partial charge in [0.15, 0.2) is 5.12 Å². The number of hydrogen-bond donors (Lipinski definition) is 2. The van der Waals surface area contributed by atoms with E-state index >= 15 is 0 Å². The fourth-order valence-electron chi connectivity index (χ4n) is 1.67. The molecule has 11 heteroatoms. The molecule has 1 atom stereocenters. The third-order valence-electron chi connectivity index (χ3n) is 2.59. The first-order chi connectivity index (χ1) is 10.7. The molecule has 1 aromatic rings. The molecule has 1 fully saturated rings. The van der Waals surface area contributed by atoms with Crippen molar-refractivity contribution in [1.29, 1.82) is 0 Å². The molecule has 1 saturated heterocycles. The molecule has 0 aromatic carbocycles. The molecule has 0 bridgehead atoms. The Balaban J connectivity index is 0.000000322. The SMILES string of the molecule is CC(=O)SC1CCNC/C1=C\c1csnn1.O=C(O)C(F)(F)F. The lowest BCUT2D eigenvalue weighted by Crippen LogP contribution is -2.32. The molecule has 23 heavy (non-hydrogen) atoms. The van der Waals surface area contributed by atoms with Crippen molar-refractivity contribution >= 4 is 40.5 Å². The Morgan fingerprint density at radius 1 is 1.52 bits per heavy atom. The van der Waals surface area contributed by atoms with Crippen LogP contribution in [0.25, 0.3) is 6.08 Å². The first-order valence-corrected chi connectivity index (χ1v) is 8.07. The number of rotatable bonds is 2. The van der Waals surface area contributed by atoms with E-state index in [4.69, 9.17) is 9.90 Å². The number of piperidine rings is 1. The minimum absolute atomic E-state index is 0.175. The number of thioether (sulfide) groups is 1. The third kappa shape index (κ3) is 7.57. The van der Waals surface area contributed by atoms with Gasteiger partial charge < -0.3 is 10.4 Å². The summed E-state index contributed by atoms with van der Waals surface area (Å²) in [4.78, 5) is 20.0. The zero-order chi connectivity index (χ0) is 17.5. The lowest BCUT2D eigenvalue weighted by atomic mass is 10.1. The Kier molecular flexibility index (Phi) is 7.65. The molecule has 2 rings (SSSR count). The average molecular weight is 369 g/mol. The van der Waals surface area contributed by atoms with Crippen LogP contribution in [0, 0.1) is 0 Å². The number of nitrogens with zero attached hydrogens (tertiary/aromatic N) is 2. The van der Waals surface area contributed by atoms with Crippen LogP contribution < -0.4 is 5.32 Å². The van der Waals surface area contributed by atoms with Crippen LogP contribution in [0.15, 0.2) is 11.0 Å². The van der Waals surface area contributed by atoms with E-state index in [0.717, 1.165) is 25.2 Å². The molecular formula is C12H14F3N3O3S2. The Bertz CT molecular complexity index is 562. The predicted molar refractivity (Wildman–Crippen MR) is 81.1 cm³/mol. The minimum Gasteiger partial charge on any atom is -0.475 e. The van der Waals surface area contributed by atoms with Gasteiger partial charge in [-0.2, -0.15) is 13.2 Å². The highest BCUT2D eigenvalue weighted by Crippen LogP contribution is 2.26. The van der Waals surface area contributed by atoms with E-state index in [1.165, 1.54) is 28.9 Å². The van der Waals surface area contributed by atoms with Crippen molar-refractivity contribution in [2.45, 2.75) is 24.8 Å². The number of carbonyl (C=O) groups is 2. The standard InChI is InChI=1S/C10H13N3OS2.C2HF3O2/c1-7(14)16-10-2-3-11-5-8(10)4-9-6-15-13-12-9;3-2(4,5)1(6)7/h4,6,10-11H,2-3,5H2,1H3;(H,6,7)/b8-4+;. The highest BCUT2D eigenvalue weighted by Gasteiger charge is 2.38. The van der Waals surface area contributed by atoms with Gasteiger partial charge in [-0.25, -0.2) is 4.79 Å². The van der Waals surface area contributed by atoms with Crippen molar-refractivity contribution in [2.75, 3.05) is 13.1 Å². The second-order valence-corrected chi connectivity index (χ2v) is 6.40. The molecule has 0 saturated carbocycles. The molecule has 1 unspecified atom stereocenters. The van der Waals surface area contributed by atoms with E-state index in [-0.39, 0.29) is 5.12 Å². The van der Waals surface area contributed by atoms with Crippen LogP contribution in [0.3, 0.4) is 0 Å². The van der Waals surface area contributed by atoms with Gasteiger partial charge in [0.1, 0.15) is 0 Å². The van der Waals surface area contributed by atoms with Gasteiger partial charge in [0.25, 0.3) is 0 Å². The number of hydrogen-bond acceptors (Lipinski definition) is 7. The molecule has 6 nitrogen and oxygen atoms in total. The molecule has 0 aliphatic carbocycles. The molecule has 128 valence electrons. The number of aliphatic carboxylic acids is 1. The molecule has 1 aromatic heterocycles. The Labute approximate surface area is 138 Å². The maximum absolute atomic E-state index is 11.1. The molecule has 0 amide bonds. The topological polar surface area (TPSA) is 92.2 Å². The molecule has 0 spiro atoms. The molecular weight excluding hydrogens is 355 g/mol. The van der Waals surface area contributed by atoms with Crippen LogP contribution >= 0.6 is 23.3 Å². The van der Waals surface area contributed by atoms with Crippen LogP contribution in [-0.4, -0.2) is 50.3 Å². The van der Waals surface area contributed by atoms with Crippen molar-refractivity contribution in [3.8, 4) is 0 Å². The van der Waals surface area contributed by atoms with Crippen molar-refractivity contribution in [2.24, 2.45) is 0 Å². The molecule has 1 aliphatic heterocycles.